The van der Waals surface area contributed by atoms with Crippen LogP contribution in [0.2, 0.25) is 10.0 Å². The molecule has 1 aromatic carbocycles. The van der Waals surface area contributed by atoms with Crippen LogP contribution in [0.15, 0.2) is 27.8 Å². The van der Waals surface area contributed by atoms with Crippen molar-refractivity contribution in [2.45, 2.75) is 31.3 Å². The van der Waals surface area contributed by atoms with Gasteiger partial charge in [0.15, 0.2) is 6.61 Å². The van der Waals surface area contributed by atoms with Gasteiger partial charge in [-0.3, -0.25) is 0 Å². The molecule has 8 heteroatoms. The van der Waals surface area contributed by atoms with E-state index in [2.05, 4.69) is 10.2 Å². The Hall–Kier alpha value is -0.950. The van der Waals surface area contributed by atoms with Crippen LogP contribution in [-0.4, -0.2) is 26.7 Å². The number of aliphatic hydroxyl groups is 1. The number of halogens is 2. The highest BCUT2D eigenvalue weighted by molar-refractivity contribution is 7.99. The molecular formula is C13H14Cl2N2O3S. The average molecular weight is 349 g/mol. The molecule has 5 nitrogen and oxygen atoms in total. The van der Waals surface area contributed by atoms with Crippen LogP contribution in [0.25, 0.3) is 0 Å². The van der Waals surface area contributed by atoms with E-state index in [1.165, 1.54) is 11.8 Å². The van der Waals surface area contributed by atoms with E-state index >= 15 is 0 Å². The van der Waals surface area contributed by atoms with Gasteiger partial charge >= 0.3 is 0 Å². The maximum Gasteiger partial charge on any atom is 0.276 e. The summed E-state index contributed by atoms with van der Waals surface area (Å²) in [5.41, 5.74) is -0.799. The Morgan fingerprint density at radius 1 is 1.33 bits per heavy atom. The number of ether oxygens (including phenoxy) is 1. The molecule has 21 heavy (non-hydrogen) atoms. The van der Waals surface area contributed by atoms with E-state index in [-0.39, 0.29) is 6.61 Å². The lowest BCUT2D eigenvalue weighted by Crippen LogP contribution is -2.21. The van der Waals surface area contributed by atoms with Gasteiger partial charge in [0, 0.05) is 10.8 Å². The van der Waals surface area contributed by atoms with Gasteiger partial charge in [0.05, 0.1) is 10.6 Å². The first kappa shape index (κ1) is 16.4. The summed E-state index contributed by atoms with van der Waals surface area (Å²) in [5.74, 6) is 1.28. The summed E-state index contributed by atoms with van der Waals surface area (Å²) in [7, 11) is 0. The standard InChI is InChI=1S/C13H14Cl2N2O3S/c1-13(2,18)7-21-12-17-16-11(20-12)6-19-10-4-3-8(14)5-9(10)15/h3-5,18H,6-7H2,1-2H3. The molecule has 1 heterocycles. The Morgan fingerprint density at radius 3 is 2.76 bits per heavy atom. The molecule has 2 rings (SSSR count). The second kappa shape index (κ2) is 6.87. The zero-order valence-electron chi connectivity index (χ0n) is 11.5. The van der Waals surface area contributed by atoms with Crippen LogP contribution in [0.5, 0.6) is 5.75 Å². The van der Waals surface area contributed by atoms with E-state index in [0.717, 1.165) is 0 Å². The number of thioether (sulfide) groups is 1. The van der Waals surface area contributed by atoms with Crippen molar-refractivity contribution >= 4 is 35.0 Å². The Labute approximate surface area is 136 Å². The number of nitrogens with zero attached hydrogens (tertiary/aromatic N) is 2. The lowest BCUT2D eigenvalue weighted by atomic mass is 10.2. The molecular weight excluding hydrogens is 335 g/mol. The maximum absolute atomic E-state index is 9.63. The fourth-order valence-electron chi connectivity index (χ4n) is 1.32. The van der Waals surface area contributed by atoms with E-state index in [1.807, 2.05) is 0 Å². The van der Waals surface area contributed by atoms with E-state index in [0.29, 0.717) is 32.7 Å². The third kappa shape index (κ3) is 5.39. The molecule has 0 unspecified atom stereocenters. The summed E-state index contributed by atoms with van der Waals surface area (Å²) in [4.78, 5) is 0. The van der Waals surface area contributed by atoms with Crippen molar-refractivity contribution in [2.75, 3.05) is 5.75 Å². The fraction of sp³-hybridized carbons (Fsp3) is 0.385. The zero-order chi connectivity index (χ0) is 15.5. The van der Waals surface area contributed by atoms with Crippen molar-refractivity contribution in [1.29, 1.82) is 0 Å². The lowest BCUT2D eigenvalue weighted by Gasteiger charge is -2.13. The smallest absolute Gasteiger partial charge is 0.276 e. The average Bonchev–Trinajstić information content (AvgIpc) is 2.82. The lowest BCUT2D eigenvalue weighted by molar-refractivity contribution is 0.106. The first-order valence-corrected chi connectivity index (χ1v) is 7.83. The third-order valence-electron chi connectivity index (χ3n) is 2.24. The third-order valence-corrected chi connectivity index (χ3v) is 4.04. The van der Waals surface area contributed by atoms with Gasteiger partial charge in [0.2, 0.25) is 0 Å². The first-order chi connectivity index (χ1) is 9.83. The molecule has 0 spiro atoms. The molecule has 114 valence electrons. The Morgan fingerprint density at radius 2 is 2.10 bits per heavy atom. The van der Waals surface area contributed by atoms with Crippen LogP contribution in [0.1, 0.15) is 19.7 Å². The second-order valence-electron chi connectivity index (χ2n) is 4.93. The van der Waals surface area contributed by atoms with Crippen molar-refractivity contribution in [3.05, 3.63) is 34.1 Å². The minimum Gasteiger partial charge on any atom is -0.482 e. The van der Waals surface area contributed by atoms with Crippen molar-refractivity contribution in [2.24, 2.45) is 0 Å². The van der Waals surface area contributed by atoms with Crippen molar-refractivity contribution < 1.29 is 14.3 Å². The monoisotopic (exact) mass is 348 g/mol. The summed E-state index contributed by atoms with van der Waals surface area (Å²) in [6, 6.07) is 4.95. The quantitative estimate of drug-likeness (QED) is 0.800. The highest BCUT2D eigenvalue weighted by Crippen LogP contribution is 2.28. The highest BCUT2D eigenvalue weighted by Gasteiger charge is 2.16. The molecule has 0 aliphatic carbocycles. The molecule has 1 aromatic heterocycles. The largest absolute Gasteiger partial charge is 0.482 e. The zero-order valence-corrected chi connectivity index (χ0v) is 13.8. The molecule has 0 bridgehead atoms. The maximum atomic E-state index is 9.63. The van der Waals surface area contributed by atoms with Gasteiger partial charge < -0.3 is 14.3 Å². The number of hydrogen-bond acceptors (Lipinski definition) is 6. The van der Waals surface area contributed by atoms with Gasteiger partial charge in [-0.15, -0.1) is 10.2 Å². The molecule has 2 aromatic rings. The molecule has 0 fully saturated rings. The summed E-state index contributed by atoms with van der Waals surface area (Å²) in [6.07, 6.45) is 0. The van der Waals surface area contributed by atoms with Crippen molar-refractivity contribution in [1.82, 2.24) is 10.2 Å². The topological polar surface area (TPSA) is 68.4 Å². The van der Waals surface area contributed by atoms with E-state index in [1.54, 1.807) is 32.0 Å². The van der Waals surface area contributed by atoms with Crippen LogP contribution in [-0.2, 0) is 6.61 Å². The molecule has 0 radical (unpaired) electrons. The van der Waals surface area contributed by atoms with Gasteiger partial charge in [-0.25, -0.2) is 0 Å². The van der Waals surface area contributed by atoms with Crippen LogP contribution < -0.4 is 4.74 Å². The Bertz CT molecular complexity index is 614. The van der Waals surface area contributed by atoms with Crippen LogP contribution >= 0.6 is 35.0 Å². The summed E-state index contributed by atoms with van der Waals surface area (Å²) >= 11 is 13.1. The number of benzene rings is 1. The number of hydrogen-bond donors (Lipinski definition) is 1. The molecule has 0 saturated heterocycles. The van der Waals surface area contributed by atoms with Crippen LogP contribution in [0, 0.1) is 0 Å². The number of aromatic nitrogens is 2. The van der Waals surface area contributed by atoms with Crippen LogP contribution in [0.4, 0.5) is 0 Å². The SMILES string of the molecule is CC(C)(O)CSc1nnc(COc2ccc(Cl)cc2Cl)o1. The minimum atomic E-state index is -0.799. The van der Waals surface area contributed by atoms with Crippen molar-refractivity contribution in [3.8, 4) is 5.75 Å². The van der Waals surface area contributed by atoms with Crippen molar-refractivity contribution in [3.63, 3.8) is 0 Å². The first-order valence-electron chi connectivity index (χ1n) is 6.09. The van der Waals surface area contributed by atoms with E-state index < -0.39 is 5.60 Å². The van der Waals surface area contributed by atoms with Gasteiger partial charge in [-0.1, -0.05) is 35.0 Å². The Balaban J connectivity index is 1.90. The predicted octanol–water partition coefficient (Wildman–Crippen LogP) is 3.82. The summed E-state index contributed by atoms with van der Waals surface area (Å²) < 4.78 is 10.9. The second-order valence-corrected chi connectivity index (χ2v) is 6.70. The van der Waals surface area contributed by atoms with Gasteiger partial charge in [-0.2, -0.15) is 0 Å². The predicted molar refractivity (Wildman–Crippen MR) is 82.1 cm³/mol. The minimum absolute atomic E-state index is 0.109. The van der Waals surface area contributed by atoms with Gasteiger partial charge in [-0.05, 0) is 32.0 Å². The fourth-order valence-corrected chi connectivity index (χ4v) is 2.52. The molecule has 0 amide bonds. The van der Waals surface area contributed by atoms with E-state index in [9.17, 15) is 5.11 Å². The molecule has 0 saturated carbocycles. The molecule has 1 N–H and O–H groups in total. The summed E-state index contributed by atoms with van der Waals surface area (Å²) in [6.45, 7) is 3.53. The molecule has 0 aliphatic heterocycles. The molecule has 0 aliphatic rings. The van der Waals surface area contributed by atoms with E-state index in [4.69, 9.17) is 32.4 Å². The van der Waals surface area contributed by atoms with Gasteiger partial charge in [0.1, 0.15) is 5.75 Å². The summed E-state index contributed by atoms with van der Waals surface area (Å²) in [5, 5.41) is 18.7. The molecule has 0 atom stereocenters. The number of rotatable bonds is 6. The van der Waals surface area contributed by atoms with Gasteiger partial charge in [0.25, 0.3) is 11.1 Å². The highest BCUT2D eigenvalue weighted by atomic mass is 35.5. The Kier molecular flexibility index (Phi) is 5.37. The normalized spacial score (nSPS) is 11.7. The van der Waals surface area contributed by atoms with Crippen LogP contribution in [0.3, 0.4) is 0 Å².